The Bertz CT molecular complexity index is 275. The van der Waals surface area contributed by atoms with Gasteiger partial charge in [-0.1, -0.05) is 6.92 Å². The number of furan rings is 1. The van der Waals surface area contributed by atoms with Crippen molar-refractivity contribution in [2.75, 3.05) is 18.9 Å². The Hall–Kier alpha value is -0.450. The molecule has 15 heavy (non-hydrogen) atoms. The van der Waals surface area contributed by atoms with Crippen LogP contribution in [0.5, 0.6) is 0 Å². The molecule has 0 saturated heterocycles. The maximum atomic E-state index is 9.15. The van der Waals surface area contributed by atoms with Crippen molar-refractivity contribution < 1.29 is 9.52 Å². The fourth-order valence-electron chi connectivity index (χ4n) is 1.24. The summed E-state index contributed by atoms with van der Waals surface area (Å²) < 4.78 is 5.21. The van der Waals surface area contributed by atoms with Crippen LogP contribution in [0.2, 0.25) is 0 Å². The molecular formula is C11H19NO2S. The lowest BCUT2D eigenvalue weighted by molar-refractivity contribution is 0.254. The average Bonchev–Trinajstić information content (AvgIpc) is 2.65. The molecule has 0 radical (unpaired) electrons. The first-order valence-electron chi connectivity index (χ1n) is 5.29. The van der Waals surface area contributed by atoms with E-state index in [1.807, 2.05) is 13.0 Å². The Balaban J connectivity index is 2.31. The van der Waals surface area contributed by atoms with Crippen LogP contribution in [0.4, 0.5) is 0 Å². The van der Waals surface area contributed by atoms with E-state index < -0.39 is 0 Å². The van der Waals surface area contributed by atoms with Gasteiger partial charge in [0.25, 0.3) is 0 Å². The molecule has 1 rings (SSSR count). The number of nitrogens with one attached hydrogen (secondary N) is 1. The van der Waals surface area contributed by atoms with Gasteiger partial charge in [-0.05, 0) is 26.0 Å². The Kier molecular flexibility index (Phi) is 5.83. The molecule has 86 valence electrons. The number of aliphatic hydroxyl groups excluding tert-OH is 1. The van der Waals surface area contributed by atoms with Gasteiger partial charge in [0.2, 0.25) is 0 Å². The minimum atomic E-state index is 0.171. The van der Waals surface area contributed by atoms with Gasteiger partial charge in [-0.15, -0.1) is 11.8 Å². The zero-order chi connectivity index (χ0) is 11.1. The van der Waals surface area contributed by atoms with Crippen molar-refractivity contribution in [2.45, 2.75) is 31.2 Å². The van der Waals surface area contributed by atoms with E-state index in [4.69, 9.17) is 9.52 Å². The lowest BCUT2D eigenvalue weighted by atomic mass is 10.3. The monoisotopic (exact) mass is 229 g/mol. The first-order chi connectivity index (χ1) is 7.27. The van der Waals surface area contributed by atoms with Crippen LogP contribution in [0.25, 0.3) is 0 Å². The van der Waals surface area contributed by atoms with Crippen LogP contribution in [-0.2, 0) is 0 Å². The third kappa shape index (κ3) is 4.28. The first-order valence-corrected chi connectivity index (χ1v) is 6.27. The maximum absolute atomic E-state index is 9.15. The van der Waals surface area contributed by atoms with E-state index in [0.29, 0.717) is 0 Å². The number of hydrogen-bond donors (Lipinski definition) is 2. The van der Waals surface area contributed by atoms with Gasteiger partial charge < -0.3 is 14.8 Å². The van der Waals surface area contributed by atoms with Crippen molar-refractivity contribution in [1.29, 1.82) is 0 Å². The summed E-state index contributed by atoms with van der Waals surface area (Å²) in [5.41, 5.74) is 0. The summed E-state index contributed by atoms with van der Waals surface area (Å²) in [6, 6.07) is 2.14. The van der Waals surface area contributed by atoms with E-state index in [9.17, 15) is 0 Å². The molecule has 0 bridgehead atoms. The Labute approximate surface area is 95.2 Å². The lowest BCUT2D eigenvalue weighted by Gasteiger charge is -2.14. The van der Waals surface area contributed by atoms with Crippen LogP contribution < -0.4 is 5.32 Å². The fraction of sp³-hybridized carbons (Fsp3) is 0.636. The van der Waals surface area contributed by atoms with Gasteiger partial charge in [0.15, 0.2) is 0 Å². The second kappa shape index (κ2) is 6.93. The number of thioether (sulfide) groups is 1. The molecule has 0 aliphatic heterocycles. The molecule has 1 aromatic rings. The molecule has 1 unspecified atom stereocenters. The normalized spacial score (nSPS) is 13.0. The highest BCUT2D eigenvalue weighted by Gasteiger charge is 2.08. The van der Waals surface area contributed by atoms with Gasteiger partial charge >= 0.3 is 0 Å². The smallest absolute Gasteiger partial charge is 0.114 e. The van der Waals surface area contributed by atoms with Crippen molar-refractivity contribution in [1.82, 2.24) is 5.32 Å². The Morgan fingerprint density at radius 2 is 2.40 bits per heavy atom. The highest BCUT2D eigenvalue weighted by molar-refractivity contribution is 7.99. The molecule has 2 N–H and O–H groups in total. The zero-order valence-corrected chi connectivity index (χ0v) is 10.1. The van der Waals surface area contributed by atoms with Gasteiger partial charge in [-0.2, -0.15) is 0 Å². The summed E-state index contributed by atoms with van der Waals surface area (Å²) in [6.45, 7) is 5.21. The molecule has 1 heterocycles. The zero-order valence-electron chi connectivity index (χ0n) is 9.32. The van der Waals surface area contributed by atoms with E-state index >= 15 is 0 Å². The van der Waals surface area contributed by atoms with Crippen molar-refractivity contribution in [3.8, 4) is 0 Å². The number of hydrogen-bond acceptors (Lipinski definition) is 4. The van der Waals surface area contributed by atoms with Crippen LogP contribution >= 0.6 is 11.8 Å². The van der Waals surface area contributed by atoms with E-state index in [2.05, 4.69) is 12.2 Å². The van der Waals surface area contributed by atoms with Crippen molar-refractivity contribution in [3.05, 3.63) is 18.1 Å². The van der Waals surface area contributed by atoms with Crippen molar-refractivity contribution in [3.63, 3.8) is 0 Å². The second-order valence-corrected chi connectivity index (χ2v) is 4.55. The average molecular weight is 229 g/mol. The van der Waals surface area contributed by atoms with E-state index in [-0.39, 0.29) is 12.6 Å². The van der Waals surface area contributed by atoms with E-state index in [0.717, 1.165) is 29.4 Å². The summed E-state index contributed by atoms with van der Waals surface area (Å²) >= 11 is 1.72. The molecule has 0 fully saturated rings. The van der Waals surface area contributed by atoms with Crippen LogP contribution in [0.1, 0.15) is 19.1 Å². The maximum Gasteiger partial charge on any atom is 0.114 e. The van der Waals surface area contributed by atoms with Gasteiger partial charge in [0.1, 0.15) is 5.76 Å². The molecule has 0 aromatic carbocycles. The predicted octanol–water partition coefficient (Wildman–Crippen LogP) is 2.04. The third-order valence-electron chi connectivity index (χ3n) is 2.15. The SMILES string of the molecule is CCCNC(CO)CSc1ccoc1C. The van der Waals surface area contributed by atoms with Gasteiger partial charge in [0, 0.05) is 16.7 Å². The summed E-state index contributed by atoms with van der Waals surface area (Å²) in [4.78, 5) is 1.16. The largest absolute Gasteiger partial charge is 0.468 e. The predicted molar refractivity (Wildman–Crippen MR) is 63.3 cm³/mol. The first kappa shape index (κ1) is 12.6. The van der Waals surface area contributed by atoms with Gasteiger partial charge in [0.05, 0.1) is 12.9 Å². The molecule has 0 aliphatic carbocycles. The van der Waals surface area contributed by atoms with Crippen LogP contribution in [0, 0.1) is 6.92 Å². The van der Waals surface area contributed by atoms with Gasteiger partial charge in [-0.25, -0.2) is 0 Å². The van der Waals surface area contributed by atoms with E-state index in [1.54, 1.807) is 18.0 Å². The standard InChI is InChI=1S/C11H19NO2S/c1-3-5-12-10(7-13)8-15-11-4-6-14-9(11)2/h4,6,10,12-13H,3,5,7-8H2,1-2H3. The number of rotatable bonds is 7. The summed E-state index contributed by atoms with van der Waals surface area (Å²) in [5, 5.41) is 12.5. The van der Waals surface area contributed by atoms with Gasteiger partial charge in [-0.3, -0.25) is 0 Å². The molecule has 3 nitrogen and oxygen atoms in total. The molecule has 4 heteroatoms. The highest BCUT2D eigenvalue weighted by atomic mass is 32.2. The second-order valence-electron chi connectivity index (χ2n) is 3.49. The van der Waals surface area contributed by atoms with Crippen LogP contribution in [0.3, 0.4) is 0 Å². The number of aliphatic hydroxyl groups is 1. The minimum absolute atomic E-state index is 0.171. The molecule has 0 aliphatic rings. The number of aryl methyl sites for hydroxylation is 1. The molecular weight excluding hydrogens is 210 g/mol. The minimum Gasteiger partial charge on any atom is -0.468 e. The summed E-state index contributed by atoms with van der Waals surface area (Å²) in [6.07, 6.45) is 2.79. The fourth-order valence-corrected chi connectivity index (χ4v) is 2.25. The van der Waals surface area contributed by atoms with Crippen LogP contribution in [-0.4, -0.2) is 30.1 Å². The molecule has 0 saturated carbocycles. The quantitative estimate of drug-likeness (QED) is 0.702. The van der Waals surface area contributed by atoms with Crippen molar-refractivity contribution in [2.24, 2.45) is 0 Å². The molecule has 1 atom stereocenters. The summed E-state index contributed by atoms with van der Waals surface area (Å²) in [7, 11) is 0. The molecule has 0 amide bonds. The third-order valence-corrected chi connectivity index (χ3v) is 3.46. The Morgan fingerprint density at radius 1 is 1.60 bits per heavy atom. The highest BCUT2D eigenvalue weighted by Crippen LogP contribution is 2.23. The van der Waals surface area contributed by atoms with Crippen LogP contribution in [0.15, 0.2) is 21.6 Å². The van der Waals surface area contributed by atoms with E-state index in [1.165, 1.54) is 0 Å². The molecule has 1 aromatic heterocycles. The topological polar surface area (TPSA) is 45.4 Å². The molecule has 0 spiro atoms. The summed E-state index contributed by atoms with van der Waals surface area (Å²) in [5.74, 6) is 1.82. The Morgan fingerprint density at radius 3 is 2.93 bits per heavy atom. The lowest BCUT2D eigenvalue weighted by Crippen LogP contribution is -2.35. The van der Waals surface area contributed by atoms with Crippen molar-refractivity contribution >= 4 is 11.8 Å².